The molecule has 11 heavy (non-hydrogen) atoms. The Balaban J connectivity index is 3.66. The molecule has 0 N–H and O–H groups in total. The molecular weight excluding hydrogens is 144 g/mol. The first-order valence-corrected chi connectivity index (χ1v) is 3.72. The SMILES string of the molecule is CC/C=C(/C)OC(=O)OCC. The van der Waals surface area contributed by atoms with Gasteiger partial charge in [-0.1, -0.05) is 6.92 Å². The molecular formula is C8H14O3. The lowest BCUT2D eigenvalue weighted by Gasteiger charge is -2.02. The molecule has 0 aromatic rings. The van der Waals surface area contributed by atoms with Crippen LogP contribution in [0.3, 0.4) is 0 Å². The first kappa shape index (κ1) is 10.0. The van der Waals surface area contributed by atoms with Gasteiger partial charge in [-0.3, -0.25) is 0 Å². The Morgan fingerprint density at radius 2 is 2.09 bits per heavy atom. The van der Waals surface area contributed by atoms with Gasteiger partial charge in [0.1, 0.15) is 5.76 Å². The van der Waals surface area contributed by atoms with Gasteiger partial charge in [0.15, 0.2) is 0 Å². The van der Waals surface area contributed by atoms with Crippen LogP contribution in [0.5, 0.6) is 0 Å². The number of carbonyl (C=O) groups excluding carboxylic acids is 1. The minimum atomic E-state index is -0.630. The van der Waals surface area contributed by atoms with Crippen molar-refractivity contribution in [3.05, 3.63) is 11.8 Å². The van der Waals surface area contributed by atoms with E-state index in [1.807, 2.05) is 13.0 Å². The van der Waals surface area contributed by atoms with Gasteiger partial charge in [-0.15, -0.1) is 0 Å². The molecule has 0 aliphatic heterocycles. The van der Waals surface area contributed by atoms with Crippen LogP contribution in [-0.2, 0) is 9.47 Å². The summed E-state index contributed by atoms with van der Waals surface area (Å²) >= 11 is 0. The highest BCUT2D eigenvalue weighted by atomic mass is 16.7. The Bertz CT molecular complexity index is 149. The highest BCUT2D eigenvalue weighted by Gasteiger charge is 2.01. The van der Waals surface area contributed by atoms with E-state index in [2.05, 4.69) is 4.74 Å². The number of hydrogen-bond acceptors (Lipinski definition) is 3. The van der Waals surface area contributed by atoms with Crippen molar-refractivity contribution in [3.8, 4) is 0 Å². The monoisotopic (exact) mass is 158 g/mol. The van der Waals surface area contributed by atoms with E-state index in [0.717, 1.165) is 6.42 Å². The Morgan fingerprint density at radius 1 is 1.45 bits per heavy atom. The molecule has 0 unspecified atom stereocenters. The van der Waals surface area contributed by atoms with Crippen LogP contribution in [0.4, 0.5) is 4.79 Å². The predicted octanol–water partition coefficient (Wildman–Crippen LogP) is 2.47. The van der Waals surface area contributed by atoms with Crippen LogP contribution >= 0.6 is 0 Å². The van der Waals surface area contributed by atoms with E-state index in [9.17, 15) is 4.79 Å². The van der Waals surface area contributed by atoms with E-state index in [4.69, 9.17) is 4.74 Å². The molecule has 0 heterocycles. The lowest BCUT2D eigenvalue weighted by molar-refractivity contribution is 0.0817. The van der Waals surface area contributed by atoms with Gasteiger partial charge in [0.05, 0.1) is 6.61 Å². The molecule has 0 saturated carbocycles. The summed E-state index contributed by atoms with van der Waals surface area (Å²) in [5.74, 6) is 0.589. The Kier molecular flexibility index (Phi) is 5.25. The molecule has 0 atom stereocenters. The highest BCUT2D eigenvalue weighted by molar-refractivity contribution is 5.61. The fraction of sp³-hybridized carbons (Fsp3) is 0.625. The summed E-state index contributed by atoms with van der Waals surface area (Å²) in [6, 6.07) is 0. The maximum Gasteiger partial charge on any atom is 0.513 e. The van der Waals surface area contributed by atoms with E-state index < -0.39 is 6.16 Å². The van der Waals surface area contributed by atoms with E-state index >= 15 is 0 Å². The molecule has 0 spiro atoms. The molecule has 0 rings (SSSR count). The summed E-state index contributed by atoms with van der Waals surface area (Å²) in [6.45, 7) is 5.77. The van der Waals surface area contributed by atoms with E-state index in [0.29, 0.717) is 12.4 Å². The quantitative estimate of drug-likeness (QED) is 0.467. The Labute approximate surface area is 67.0 Å². The topological polar surface area (TPSA) is 35.5 Å². The van der Waals surface area contributed by atoms with Gasteiger partial charge in [-0.05, 0) is 26.3 Å². The third kappa shape index (κ3) is 5.45. The molecule has 0 bridgehead atoms. The molecule has 0 aromatic heterocycles. The third-order valence-electron chi connectivity index (χ3n) is 0.998. The summed E-state index contributed by atoms with van der Waals surface area (Å²) in [5.41, 5.74) is 0. The van der Waals surface area contributed by atoms with Crippen molar-refractivity contribution in [2.75, 3.05) is 6.61 Å². The average molecular weight is 158 g/mol. The van der Waals surface area contributed by atoms with E-state index in [1.54, 1.807) is 13.8 Å². The normalized spacial score (nSPS) is 11.0. The molecule has 3 nitrogen and oxygen atoms in total. The number of hydrogen-bond donors (Lipinski definition) is 0. The number of allylic oxidation sites excluding steroid dienone is 2. The van der Waals surface area contributed by atoms with E-state index in [-0.39, 0.29) is 0 Å². The van der Waals surface area contributed by atoms with Gasteiger partial charge >= 0.3 is 6.16 Å². The summed E-state index contributed by atoms with van der Waals surface area (Å²) in [4.78, 5) is 10.6. The number of rotatable bonds is 3. The molecule has 0 fully saturated rings. The van der Waals surface area contributed by atoms with Gasteiger partial charge in [0.2, 0.25) is 0 Å². The maximum atomic E-state index is 10.6. The first-order chi connectivity index (χ1) is 5.20. The summed E-state index contributed by atoms with van der Waals surface area (Å²) in [6.07, 6.45) is 2.04. The van der Waals surface area contributed by atoms with Crippen LogP contribution in [0, 0.1) is 0 Å². The fourth-order valence-corrected chi connectivity index (χ4v) is 0.608. The van der Waals surface area contributed by atoms with Crippen molar-refractivity contribution in [1.29, 1.82) is 0 Å². The Hall–Kier alpha value is -0.990. The van der Waals surface area contributed by atoms with Crippen molar-refractivity contribution in [3.63, 3.8) is 0 Å². The number of ether oxygens (including phenoxy) is 2. The second kappa shape index (κ2) is 5.77. The maximum absolute atomic E-state index is 10.6. The highest BCUT2D eigenvalue weighted by Crippen LogP contribution is 1.99. The minimum absolute atomic E-state index is 0.345. The van der Waals surface area contributed by atoms with Crippen molar-refractivity contribution in [1.82, 2.24) is 0 Å². The largest absolute Gasteiger partial charge is 0.513 e. The van der Waals surface area contributed by atoms with Crippen LogP contribution < -0.4 is 0 Å². The van der Waals surface area contributed by atoms with Crippen molar-refractivity contribution in [2.45, 2.75) is 27.2 Å². The molecule has 0 amide bonds. The molecule has 0 radical (unpaired) electrons. The predicted molar refractivity (Wildman–Crippen MR) is 42.2 cm³/mol. The van der Waals surface area contributed by atoms with Gasteiger partial charge in [0, 0.05) is 0 Å². The summed E-state index contributed by atoms with van der Waals surface area (Å²) in [7, 11) is 0. The van der Waals surface area contributed by atoms with Crippen LogP contribution in [-0.4, -0.2) is 12.8 Å². The zero-order valence-electron chi connectivity index (χ0n) is 7.22. The summed E-state index contributed by atoms with van der Waals surface area (Å²) in [5, 5.41) is 0. The Morgan fingerprint density at radius 3 is 2.55 bits per heavy atom. The van der Waals surface area contributed by atoms with Crippen LogP contribution in [0.2, 0.25) is 0 Å². The third-order valence-corrected chi connectivity index (χ3v) is 0.998. The van der Waals surface area contributed by atoms with Gasteiger partial charge in [-0.25, -0.2) is 4.79 Å². The van der Waals surface area contributed by atoms with Crippen molar-refractivity contribution < 1.29 is 14.3 Å². The van der Waals surface area contributed by atoms with Crippen molar-refractivity contribution >= 4 is 6.16 Å². The molecule has 0 saturated heterocycles. The minimum Gasteiger partial charge on any atom is -0.434 e. The summed E-state index contributed by atoms with van der Waals surface area (Å²) < 4.78 is 9.29. The molecule has 3 heteroatoms. The lowest BCUT2D eigenvalue weighted by atomic mass is 10.4. The smallest absolute Gasteiger partial charge is 0.434 e. The average Bonchev–Trinajstić information content (AvgIpc) is 1.87. The standard InChI is InChI=1S/C8H14O3/c1-4-6-7(3)11-8(9)10-5-2/h6H,4-5H2,1-3H3/b7-6-. The van der Waals surface area contributed by atoms with Crippen LogP contribution in [0.1, 0.15) is 27.2 Å². The second-order valence-electron chi connectivity index (χ2n) is 2.01. The van der Waals surface area contributed by atoms with Crippen LogP contribution in [0.25, 0.3) is 0 Å². The van der Waals surface area contributed by atoms with Gasteiger partial charge in [0.25, 0.3) is 0 Å². The molecule has 64 valence electrons. The van der Waals surface area contributed by atoms with Gasteiger partial charge < -0.3 is 9.47 Å². The first-order valence-electron chi connectivity index (χ1n) is 3.72. The molecule has 0 aliphatic carbocycles. The van der Waals surface area contributed by atoms with Crippen molar-refractivity contribution in [2.24, 2.45) is 0 Å². The molecule has 0 aliphatic rings. The van der Waals surface area contributed by atoms with E-state index in [1.165, 1.54) is 0 Å². The van der Waals surface area contributed by atoms with Gasteiger partial charge in [-0.2, -0.15) is 0 Å². The second-order valence-corrected chi connectivity index (χ2v) is 2.01. The fourth-order valence-electron chi connectivity index (χ4n) is 0.608. The van der Waals surface area contributed by atoms with Crippen LogP contribution in [0.15, 0.2) is 11.8 Å². The zero-order valence-corrected chi connectivity index (χ0v) is 7.22. The number of carbonyl (C=O) groups is 1. The molecule has 0 aromatic carbocycles. The lowest BCUT2D eigenvalue weighted by Crippen LogP contribution is -2.05. The zero-order chi connectivity index (χ0) is 8.69.